The van der Waals surface area contributed by atoms with Gasteiger partial charge >= 0.3 is 5.97 Å². The van der Waals surface area contributed by atoms with Gasteiger partial charge < -0.3 is 19.7 Å². The number of hydrogen-bond donors (Lipinski definition) is 2. The number of carboxylic acids is 1. The Morgan fingerprint density at radius 3 is 2.58 bits per heavy atom. The summed E-state index contributed by atoms with van der Waals surface area (Å²) in [4.78, 5) is 25.3. The number of nitrogens with zero attached hydrogens (tertiary/aromatic N) is 1. The van der Waals surface area contributed by atoms with E-state index in [0.717, 1.165) is 29.5 Å². The molecular weight excluding hydrogens is 462 g/mol. The second-order valence-electron chi connectivity index (χ2n) is 7.86. The molecule has 182 valence electrons. The van der Waals surface area contributed by atoms with Crippen molar-refractivity contribution >= 4 is 46.3 Å². The number of hydrogen-bond acceptors (Lipinski definition) is 7. The summed E-state index contributed by atoms with van der Waals surface area (Å²) in [5.41, 5.74) is 0.703. The van der Waals surface area contributed by atoms with Crippen LogP contribution in [0.1, 0.15) is 64.9 Å². The Balaban J connectivity index is 2.13. The highest BCUT2D eigenvalue weighted by Crippen LogP contribution is 2.36. The van der Waals surface area contributed by atoms with Gasteiger partial charge in [0.25, 0.3) is 5.91 Å². The van der Waals surface area contributed by atoms with Crippen molar-refractivity contribution in [3.05, 3.63) is 28.7 Å². The summed E-state index contributed by atoms with van der Waals surface area (Å²) < 4.78 is 12.0. The first-order valence-corrected chi connectivity index (χ1v) is 12.6. The lowest BCUT2D eigenvalue weighted by atomic mass is 10.1. The van der Waals surface area contributed by atoms with Gasteiger partial charge in [-0.05, 0) is 50.5 Å². The lowest BCUT2D eigenvalue weighted by Crippen LogP contribution is -2.46. The average Bonchev–Trinajstić information content (AvgIpc) is 3.03. The molecule has 2 atom stereocenters. The monoisotopic (exact) mass is 495 g/mol. The molecule has 1 aromatic carbocycles. The number of aliphatic hydroxyl groups is 1. The minimum Gasteiger partial charge on any atom is -0.490 e. The Hall–Kier alpha value is -2.10. The van der Waals surface area contributed by atoms with Gasteiger partial charge in [0.2, 0.25) is 0 Å². The summed E-state index contributed by atoms with van der Waals surface area (Å²) in [5, 5.41) is 18.6. The highest BCUT2D eigenvalue weighted by Gasteiger charge is 2.40. The Morgan fingerprint density at radius 2 is 1.94 bits per heavy atom. The Bertz CT molecular complexity index is 873. The number of aliphatic carboxylic acids is 1. The molecule has 33 heavy (non-hydrogen) atoms. The normalized spacial score (nSPS) is 16.8. The quantitative estimate of drug-likeness (QED) is 0.215. The van der Waals surface area contributed by atoms with E-state index in [1.54, 1.807) is 12.1 Å². The molecule has 1 aliphatic rings. The number of carboxylic acid groups (broad SMARTS) is 1. The van der Waals surface area contributed by atoms with Crippen LogP contribution in [-0.2, 0) is 9.59 Å². The molecule has 0 unspecified atom stereocenters. The highest BCUT2D eigenvalue weighted by atomic mass is 32.2. The molecule has 1 heterocycles. The number of unbranched alkanes of at least 4 members (excludes halogenated alkanes) is 4. The minimum absolute atomic E-state index is 0.0550. The van der Waals surface area contributed by atoms with Crippen LogP contribution in [0.5, 0.6) is 11.5 Å². The highest BCUT2D eigenvalue weighted by molar-refractivity contribution is 8.26. The van der Waals surface area contributed by atoms with Gasteiger partial charge in [0.1, 0.15) is 4.32 Å². The van der Waals surface area contributed by atoms with Crippen molar-refractivity contribution in [3.8, 4) is 11.5 Å². The SMILES string of the molecule is CCCCCCC[C@H](C)Oc1ccc(/C=C2/SC(=S)N([C@@H](CO)C(=O)O)C2=O)cc1OCC. The maximum absolute atomic E-state index is 12.7. The number of rotatable bonds is 14. The zero-order chi connectivity index (χ0) is 24.4. The summed E-state index contributed by atoms with van der Waals surface area (Å²) in [6, 6.07) is 4.03. The van der Waals surface area contributed by atoms with E-state index in [9.17, 15) is 19.8 Å². The third kappa shape index (κ3) is 7.72. The summed E-state index contributed by atoms with van der Waals surface area (Å²) in [6.45, 7) is 5.89. The molecule has 0 aromatic heterocycles. The first kappa shape index (κ1) is 27.1. The summed E-state index contributed by atoms with van der Waals surface area (Å²) >= 11 is 6.18. The molecule has 0 aliphatic carbocycles. The van der Waals surface area contributed by atoms with Gasteiger partial charge in [-0.25, -0.2) is 4.79 Å². The fraction of sp³-hybridized carbons (Fsp3) is 0.542. The van der Waals surface area contributed by atoms with Crippen LogP contribution in [0.3, 0.4) is 0 Å². The van der Waals surface area contributed by atoms with E-state index in [1.165, 1.54) is 25.7 Å². The Morgan fingerprint density at radius 1 is 1.21 bits per heavy atom. The van der Waals surface area contributed by atoms with Gasteiger partial charge in [-0.2, -0.15) is 0 Å². The molecule has 0 saturated carbocycles. The van der Waals surface area contributed by atoms with Crippen LogP contribution in [0.2, 0.25) is 0 Å². The zero-order valence-corrected chi connectivity index (χ0v) is 21.0. The molecule has 1 aromatic rings. The second kappa shape index (κ2) is 13.6. The van der Waals surface area contributed by atoms with E-state index in [0.29, 0.717) is 23.7 Å². The number of thioether (sulfide) groups is 1. The molecule has 1 aliphatic heterocycles. The smallest absolute Gasteiger partial charge is 0.329 e. The number of carbonyl (C=O) groups is 2. The molecule has 2 N–H and O–H groups in total. The number of carbonyl (C=O) groups excluding carboxylic acids is 1. The van der Waals surface area contributed by atoms with Crippen molar-refractivity contribution in [1.82, 2.24) is 4.90 Å². The van der Waals surface area contributed by atoms with Gasteiger partial charge in [-0.15, -0.1) is 0 Å². The van der Waals surface area contributed by atoms with Gasteiger partial charge in [0.05, 0.1) is 24.2 Å². The summed E-state index contributed by atoms with van der Waals surface area (Å²) in [5.74, 6) is -0.622. The van der Waals surface area contributed by atoms with E-state index in [1.807, 2.05) is 19.1 Å². The van der Waals surface area contributed by atoms with E-state index in [-0.39, 0.29) is 15.3 Å². The largest absolute Gasteiger partial charge is 0.490 e. The number of benzene rings is 1. The van der Waals surface area contributed by atoms with Gasteiger partial charge in [-0.1, -0.05) is 62.7 Å². The van der Waals surface area contributed by atoms with Crippen LogP contribution < -0.4 is 9.47 Å². The van der Waals surface area contributed by atoms with Crippen molar-refractivity contribution in [1.29, 1.82) is 0 Å². The van der Waals surface area contributed by atoms with E-state index in [4.69, 9.17) is 21.7 Å². The fourth-order valence-corrected chi connectivity index (χ4v) is 4.82. The molecule has 1 amide bonds. The number of ether oxygens (including phenoxy) is 2. The number of aliphatic hydroxyl groups excluding tert-OH is 1. The average molecular weight is 496 g/mol. The first-order chi connectivity index (χ1) is 15.8. The summed E-state index contributed by atoms with van der Waals surface area (Å²) in [6.07, 6.45) is 8.72. The third-order valence-corrected chi connectivity index (χ3v) is 6.53. The predicted octanol–water partition coefficient (Wildman–Crippen LogP) is 4.86. The van der Waals surface area contributed by atoms with Crippen LogP contribution in [0.25, 0.3) is 6.08 Å². The molecule has 0 spiro atoms. The second-order valence-corrected chi connectivity index (χ2v) is 9.53. The maximum Gasteiger partial charge on any atom is 0.329 e. The van der Waals surface area contributed by atoms with E-state index >= 15 is 0 Å². The van der Waals surface area contributed by atoms with Crippen LogP contribution in [-0.4, -0.2) is 56.7 Å². The molecule has 0 bridgehead atoms. The fourth-order valence-electron chi connectivity index (χ4n) is 3.46. The van der Waals surface area contributed by atoms with Crippen LogP contribution in [0.15, 0.2) is 23.1 Å². The van der Waals surface area contributed by atoms with Crippen LogP contribution in [0.4, 0.5) is 0 Å². The predicted molar refractivity (Wildman–Crippen MR) is 135 cm³/mol. The Labute approximate surface area is 205 Å². The van der Waals surface area contributed by atoms with Crippen molar-refractivity contribution in [3.63, 3.8) is 0 Å². The molecule has 7 nitrogen and oxygen atoms in total. The molecule has 9 heteroatoms. The van der Waals surface area contributed by atoms with E-state index in [2.05, 4.69) is 13.8 Å². The van der Waals surface area contributed by atoms with Gasteiger partial charge in [0, 0.05) is 0 Å². The zero-order valence-electron chi connectivity index (χ0n) is 19.4. The van der Waals surface area contributed by atoms with Crippen LogP contribution in [0, 0.1) is 0 Å². The maximum atomic E-state index is 12.7. The lowest BCUT2D eigenvalue weighted by Gasteiger charge is -2.20. The molecule has 2 rings (SSSR count). The molecular formula is C24H33NO6S2. The van der Waals surface area contributed by atoms with Gasteiger partial charge in [-0.3, -0.25) is 9.69 Å². The molecule has 1 saturated heterocycles. The topological polar surface area (TPSA) is 96.3 Å². The minimum atomic E-state index is -1.40. The molecule has 1 fully saturated rings. The lowest BCUT2D eigenvalue weighted by molar-refractivity contribution is -0.146. The standard InChI is InChI=1S/C24H33NO6S2/c1-4-6-7-8-9-10-16(3)31-19-12-11-17(13-20(19)30-5-2)14-21-22(27)25(24(32)33-21)18(15-26)23(28)29/h11-14,16,18,26H,4-10,15H2,1-3H3,(H,28,29)/b21-14+/t16-,18-/m0/s1. The van der Waals surface area contributed by atoms with Crippen LogP contribution >= 0.6 is 24.0 Å². The Kier molecular flexibility index (Phi) is 11.2. The van der Waals surface area contributed by atoms with Crippen molar-refractivity contribution in [2.24, 2.45) is 0 Å². The number of amides is 1. The van der Waals surface area contributed by atoms with Crippen molar-refractivity contribution < 1.29 is 29.3 Å². The van der Waals surface area contributed by atoms with Crippen molar-refractivity contribution in [2.75, 3.05) is 13.2 Å². The van der Waals surface area contributed by atoms with Crippen molar-refractivity contribution in [2.45, 2.75) is 71.4 Å². The van der Waals surface area contributed by atoms with Gasteiger partial charge in [0.15, 0.2) is 17.5 Å². The summed E-state index contributed by atoms with van der Waals surface area (Å²) in [7, 11) is 0. The van der Waals surface area contributed by atoms with E-state index < -0.39 is 24.5 Å². The number of thiocarbonyl (C=S) groups is 1. The first-order valence-electron chi connectivity index (χ1n) is 11.4. The third-order valence-electron chi connectivity index (χ3n) is 5.20. The molecule has 0 radical (unpaired) electrons.